The molecule has 8 nitrogen and oxygen atoms in total. The lowest BCUT2D eigenvalue weighted by Crippen LogP contribution is -2.34. The molecule has 0 radical (unpaired) electrons. The summed E-state index contributed by atoms with van der Waals surface area (Å²) in [7, 11) is 0. The number of carbonyl (C=O) groups is 2. The van der Waals surface area contributed by atoms with Crippen molar-refractivity contribution >= 4 is 11.8 Å². The Morgan fingerprint density at radius 1 is 1.35 bits per heavy atom. The lowest BCUT2D eigenvalue weighted by atomic mass is 10.1. The van der Waals surface area contributed by atoms with E-state index in [-0.39, 0.29) is 17.9 Å². The summed E-state index contributed by atoms with van der Waals surface area (Å²) in [4.78, 5) is 38.9. The first-order valence-corrected chi connectivity index (χ1v) is 8.93. The van der Waals surface area contributed by atoms with Crippen LogP contribution in [-0.2, 0) is 29.1 Å². The van der Waals surface area contributed by atoms with E-state index in [1.807, 2.05) is 22.6 Å². The molecule has 1 N–H and O–H groups in total. The van der Waals surface area contributed by atoms with Crippen molar-refractivity contribution in [3.8, 4) is 0 Å². The molecule has 0 spiro atoms. The second-order valence-electron chi connectivity index (χ2n) is 6.42. The molecule has 26 heavy (non-hydrogen) atoms. The van der Waals surface area contributed by atoms with Gasteiger partial charge < -0.3 is 14.8 Å². The van der Waals surface area contributed by atoms with Crippen molar-refractivity contribution in [2.75, 3.05) is 6.54 Å². The number of imidazole rings is 1. The zero-order chi connectivity index (χ0) is 18.5. The molecule has 0 bridgehead atoms. The second kappa shape index (κ2) is 8.07. The van der Waals surface area contributed by atoms with Gasteiger partial charge in [-0.1, -0.05) is 6.92 Å². The van der Waals surface area contributed by atoms with E-state index in [4.69, 9.17) is 0 Å². The molecule has 8 heteroatoms. The number of aromatic nitrogens is 4. The molecule has 2 aromatic heterocycles. The summed E-state index contributed by atoms with van der Waals surface area (Å²) in [5.74, 6) is 0.863. The number of nitrogens with one attached hydrogen (secondary N) is 1. The summed E-state index contributed by atoms with van der Waals surface area (Å²) in [6, 6.07) is -0.0686. The molecular weight excluding hydrogens is 332 g/mol. The van der Waals surface area contributed by atoms with E-state index in [1.54, 1.807) is 18.6 Å². The van der Waals surface area contributed by atoms with Crippen LogP contribution in [0.3, 0.4) is 0 Å². The van der Waals surface area contributed by atoms with Crippen LogP contribution in [-0.4, -0.2) is 42.8 Å². The van der Waals surface area contributed by atoms with Gasteiger partial charge >= 0.3 is 0 Å². The SMILES string of the molecule is CCc1nccn1CC(=O)N1CCC[C@H]1c1cncc(CNC(C)=O)n1. The maximum Gasteiger partial charge on any atom is 0.243 e. The van der Waals surface area contributed by atoms with Crippen LogP contribution >= 0.6 is 0 Å². The zero-order valence-corrected chi connectivity index (χ0v) is 15.2. The number of nitrogens with zero attached hydrogens (tertiary/aromatic N) is 5. The Balaban J connectivity index is 1.72. The lowest BCUT2D eigenvalue weighted by molar-refractivity contribution is -0.132. The second-order valence-corrected chi connectivity index (χ2v) is 6.42. The number of likely N-dealkylation sites (tertiary alicyclic amines) is 1. The summed E-state index contributed by atoms with van der Waals surface area (Å²) in [5.41, 5.74) is 1.47. The highest BCUT2D eigenvalue weighted by atomic mass is 16.2. The fraction of sp³-hybridized carbons (Fsp3) is 0.500. The van der Waals surface area contributed by atoms with E-state index in [2.05, 4.69) is 20.3 Å². The van der Waals surface area contributed by atoms with E-state index in [9.17, 15) is 9.59 Å². The van der Waals surface area contributed by atoms with E-state index in [0.29, 0.717) is 18.8 Å². The zero-order valence-electron chi connectivity index (χ0n) is 15.2. The van der Waals surface area contributed by atoms with E-state index < -0.39 is 0 Å². The third kappa shape index (κ3) is 4.07. The number of hydrogen-bond donors (Lipinski definition) is 1. The standard InChI is InChI=1S/C18H24N6O2/c1-3-17-20-6-8-23(17)12-18(26)24-7-4-5-16(24)15-11-19-9-14(22-15)10-21-13(2)25/h6,8-9,11,16H,3-5,7,10,12H2,1-2H3,(H,21,25)/t16-/m0/s1. The highest BCUT2D eigenvalue weighted by Gasteiger charge is 2.31. The van der Waals surface area contributed by atoms with Gasteiger partial charge in [-0.25, -0.2) is 4.98 Å². The quantitative estimate of drug-likeness (QED) is 0.840. The number of amides is 2. The summed E-state index contributed by atoms with van der Waals surface area (Å²) in [6.45, 7) is 4.84. The topological polar surface area (TPSA) is 93.0 Å². The molecule has 0 saturated carbocycles. The van der Waals surface area contributed by atoms with Crippen molar-refractivity contribution in [1.29, 1.82) is 0 Å². The van der Waals surface area contributed by atoms with Gasteiger partial charge in [0.25, 0.3) is 0 Å². The van der Waals surface area contributed by atoms with Crippen molar-refractivity contribution in [3.63, 3.8) is 0 Å². The molecule has 3 heterocycles. The van der Waals surface area contributed by atoms with Crippen LogP contribution in [0.1, 0.15) is 49.9 Å². The fourth-order valence-corrected chi connectivity index (χ4v) is 3.29. The van der Waals surface area contributed by atoms with Crippen LogP contribution in [0.25, 0.3) is 0 Å². The predicted octanol–water partition coefficient (Wildman–Crippen LogP) is 1.24. The van der Waals surface area contributed by atoms with E-state index in [0.717, 1.165) is 37.3 Å². The Kier molecular flexibility index (Phi) is 5.60. The van der Waals surface area contributed by atoms with Crippen LogP contribution in [0.15, 0.2) is 24.8 Å². The Morgan fingerprint density at radius 3 is 2.96 bits per heavy atom. The summed E-state index contributed by atoms with van der Waals surface area (Å²) >= 11 is 0. The first-order valence-electron chi connectivity index (χ1n) is 8.93. The van der Waals surface area contributed by atoms with Gasteiger partial charge in [-0.15, -0.1) is 0 Å². The van der Waals surface area contributed by atoms with Crippen LogP contribution in [0.2, 0.25) is 0 Å². The third-order valence-corrected chi connectivity index (χ3v) is 4.56. The van der Waals surface area contributed by atoms with Gasteiger partial charge in [0.1, 0.15) is 12.4 Å². The minimum Gasteiger partial charge on any atom is -0.351 e. The monoisotopic (exact) mass is 356 g/mol. The first kappa shape index (κ1) is 18.0. The molecule has 0 aromatic carbocycles. The smallest absolute Gasteiger partial charge is 0.243 e. The fourth-order valence-electron chi connectivity index (χ4n) is 3.29. The normalized spacial score (nSPS) is 16.7. The molecular formula is C18H24N6O2. The van der Waals surface area contributed by atoms with Crippen LogP contribution in [0.4, 0.5) is 0 Å². The Bertz CT molecular complexity index is 787. The number of carbonyl (C=O) groups excluding carboxylic acids is 2. The Morgan fingerprint density at radius 2 is 2.19 bits per heavy atom. The van der Waals surface area contributed by atoms with E-state index in [1.165, 1.54) is 6.92 Å². The first-order chi connectivity index (χ1) is 12.6. The summed E-state index contributed by atoms with van der Waals surface area (Å²) in [6.07, 6.45) is 9.52. The molecule has 1 saturated heterocycles. The largest absolute Gasteiger partial charge is 0.351 e. The minimum atomic E-state index is -0.109. The van der Waals surface area contributed by atoms with Gasteiger partial charge in [0.2, 0.25) is 11.8 Å². The summed E-state index contributed by atoms with van der Waals surface area (Å²) in [5, 5.41) is 2.72. The summed E-state index contributed by atoms with van der Waals surface area (Å²) < 4.78 is 1.90. The Hall–Kier alpha value is -2.77. The highest BCUT2D eigenvalue weighted by Crippen LogP contribution is 2.30. The van der Waals surface area contributed by atoms with Crippen molar-refractivity contribution in [1.82, 2.24) is 29.7 Å². The van der Waals surface area contributed by atoms with Gasteiger partial charge in [-0.3, -0.25) is 19.6 Å². The predicted molar refractivity (Wildman–Crippen MR) is 94.8 cm³/mol. The third-order valence-electron chi connectivity index (χ3n) is 4.56. The van der Waals surface area contributed by atoms with Gasteiger partial charge in [0.05, 0.1) is 36.4 Å². The van der Waals surface area contributed by atoms with Gasteiger partial charge in [-0.05, 0) is 12.8 Å². The lowest BCUT2D eigenvalue weighted by Gasteiger charge is -2.25. The number of hydrogen-bond acceptors (Lipinski definition) is 5. The number of rotatable bonds is 6. The van der Waals surface area contributed by atoms with Crippen molar-refractivity contribution in [2.45, 2.75) is 52.2 Å². The van der Waals surface area contributed by atoms with Crippen molar-refractivity contribution in [3.05, 3.63) is 42.0 Å². The van der Waals surface area contributed by atoms with Crippen LogP contribution in [0, 0.1) is 0 Å². The molecule has 0 unspecified atom stereocenters. The average molecular weight is 356 g/mol. The molecule has 2 aromatic rings. The molecule has 0 aliphatic carbocycles. The average Bonchev–Trinajstić information content (AvgIpc) is 3.29. The number of aryl methyl sites for hydroxylation is 1. The molecule has 1 atom stereocenters. The van der Waals surface area contributed by atoms with Gasteiger partial charge in [0.15, 0.2) is 0 Å². The van der Waals surface area contributed by atoms with Crippen molar-refractivity contribution in [2.24, 2.45) is 0 Å². The molecule has 3 rings (SSSR count). The molecule has 138 valence electrons. The van der Waals surface area contributed by atoms with Crippen LogP contribution < -0.4 is 5.32 Å². The molecule has 1 fully saturated rings. The maximum absolute atomic E-state index is 12.8. The maximum atomic E-state index is 12.8. The van der Waals surface area contributed by atoms with Gasteiger partial charge in [-0.2, -0.15) is 0 Å². The Labute approximate surface area is 152 Å². The van der Waals surface area contributed by atoms with Crippen LogP contribution in [0.5, 0.6) is 0 Å². The van der Waals surface area contributed by atoms with Gasteiger partial charge in [0, 0.05) is 32.3 Å². The van der Waals surface area contributed by atoms with E-state index >= 15 is 0 Å². The molecule has 2 amide bonds. The van der Waals surface area contributed by atoms with Crippen molar-refractivity contribution < 1.29 is 9.59 Å². The molecule has 1 aliphatic rings. The molecule has 1 aliphatic heterocycles. The highest BCUT2D eigenvalue weighted by molar-refractivity contribution is 5.77. The minimum absolute atomic E-state index is 0.0641.